The first-order chi connectivity index (χ1) is 8.60. The highest BCUT2D eigenvalue weighted by molar-refractivity contribution is 7.15. The average Bonchev–Trinajstić information content (AvgIpc) is 2.71. The third kappa shape index (κ3) is 2.98. The lowest BCUT2D eigenvalue weighted by molar-refractivity contribution is 0.634. The second kappa shape index (κ2) is 5.63. The topological polar surface area (TPSA) is 38.9 Å². The molecule has 0 unspecified atom stereocenters. The Balaban J connectivity index is 2.37. The van der Waals surface area contributed by atoms with Crippen LogP contribution in [0.2, 0.25) is 0 Å². The Morgan fingerprint density at radius 3 is 2.72 bits per heavy atom. The maximum absolute atomic E-state index is 5.82. The number of nitrogens with zero attached hydrogens (tertiary/aromatic N) is 1. The first-order valence-electron chi connectivity index (χ1n) is 6.36. The molecular formula is C15H20N2S. The van der Waals surface area contributed by atoms with E-state index < -0.39 is 0 Å². The van der Waals surface area contributed by atoms with E-state index in [2.05, 4.69) is 45.0 Å². The van der Waals surface area contributed by atoms with Gasteiger partial charge in [-0.05, 0) is 25.3 Å². The molecule has 0 saturated heterocycles. The number of hydrogen-bond donors (Lipinski definition) is 1. The van der Waals surface area contributed by atoms with Crippen LogP contribution in [-0.4, -0.2) is 4.98 Å². The molecule has 0 radical (unpaired) electrons. The summed E-state index contributed by atoms with van der Waals surface area (Å²) in [5.74, 6) is 0.614. The van der Waals surface area contributed by atoms with Gasteiger partial charge < -0.3 is 5.73 Å². The molecule has 0 atom stereocenters. The van der Waals surface area contributed by atoms with Crippen molar-refractivity contribution in [2.75, 3.05) is 0 Å². The molecule has 0 amide bonds. The van der Waals surface area contributed by atoms with E-state index >= 15 is 0 Å². The lowest BCUT2D eigenvalue weighted by Crippen LogP contribution is -2.01. The monoisotopic (exact) mass is 260 g/mol. The largest absolute Gasteiger partial charge is 0.326 e. The van der Waals surface area contributed by atoms with E-state index in [1.807, 2.05) is 0 Å². The van der Waals surface area contributed by atoms with E-state index in [0.29, 0.717) is 12.5 Å². The van der Waals surface area contributed by atoms with Gasteiger partial charge in [-0.25, -0.2) is 4.98 Å². The molecule has 0 spiro atoms. The predicted octanol–water partition coefficient (Wildman–Crippen LogP) is 3.78. The first kappa shape index (κ1) is 13.2. The highest BCUT2D eigenvalue weighted by atomic mass is 32.1. The molecule has 2 N–H and O–H groups in total. The molecule has 0 bridgehead atoms. The molecule has 1 aromatic carbocycles. The number of aryl methyl sites for hydroxylation is 1. The van der Waals surface area contributed by atoms with Crippen LogP contribution in [0.15, 0.2) is 24.3 Å². The highest BCUT2D eigenvalue weighted by Crippen LogP contribution is 2.29. The number of benzene rings is 1. The van der Waals surface area contributed by atoms with E-state index in [9.17, 15) is 0 Å². The van der Waals surface area contributed by atoms with Crippen LogP contribution in [0.25, 0.3) is 10.6 Å². The fourth-order valence-corrected chi connectivity index (χ4v) is 2.95. The molecule has 3 heteroatoms. The fraction of sp³-hybridized carbons (Fsp3) is 0.400. The van der Waals surface area contributed by atoms with Crippen LogP contribution >= 0.6 is 11.3 Å². The van der Waals surface area contributed by atoms with Gasteiger partial charge in [0.05, 0.1) is 5.69 Å². The Bertz CT molecular complexity index is 529. The van der Waals surface area contributed by atoms with E-state index in [1.54, 1.807) is 11.3 Å². The van der Waals surface area contributed by atoms with Gasteiger partial charge in [-0.3, -0.25) is 0 Å². The van der Waals surface area contributed by atoms with Gasteiger partial charge in [0, 0.05) is 17.0 Å². The van der Waals surface area contributed by atoms with E-state index in [0.717, 1.165) is 11.4 Å². The lowest BCUT2D eigenvalue weighted by Gasteiger charge is -2.02. The number of hydrogen-bond acceptors (Lipinski definition) is 3. The van der Waals surface area contributed by atoms with Crippen LogP contribution < -0.4 is 5.73 Å². The minimum atomic E-state index is 0.589. The van der Waals surface area contributed by atoms with Gasteiger partial charge in [0.15, 0.2) is 0 Å². The first-order valence-corrected chi connectivity index (χ1v) is 7.17. The highest BCUT2D eigenvalue weighted by Gasteiger charge is 2.12. The molecule has 0 aliphatic carbocycles. The van der Waals surface area contributed by atoms with Crippen molar-refractivity contribution in [3.63, 3.8) is 0 Å². The van der Waals surface area contributed by atoms with Crippen LogP contribution in [0.5, 0.6) is 0 Å². The molecule has 1 aromatic heterocycles. The van der Waals surface area contributed by atoms with Gasteiger partial charge in [-0.1, -0.05) is 37.6 Å². The summed E-state index contributed by atoms with van der Waals surface area (Å²) in [6.07, 6.45) is 1.01. The smallest absolute Gasteiger partial charge is 0.123 e. The van der Waals surface area contributed by atoms with Gasteiger partial charge in [0.25, 0.3) is 0 Å². The van der Waals surface area contributed by atoms with Crippen molar-refractivity contribution in [3.05, 3.63) is 40.4 Å². The number of aromatic nitrogens is 1. The van der Waals surface area contributed by atoms with Gasteiger partial charge in [0.2, 0.25) is 0 Å². The zero-order valence-corrected chi connectivity index (χ0v) is 12.1. The van der Waals surface area contributed by atoms with Crippen molar-refractivity contribution in [1.29, 1.82) is 0 Å². The summed E-state index contributed by atoms with van der Waals surface area (Å²) in [7, 11) is 0. The van der Waals surface area contributed by atoms with Gasteiger partial charge in [-0.2, -0.15) is 0 Å². The number of thiazole rings is 1. The molecule has 96 valence electrons. The normalized spacial score (nSPS) is 11.2. The Labute approximate surface area is 113 Å². The van der Waals surface area contributed by atoms with Crippen molar-refractivity contribution in [1.82, 2.24) is 4.98 Å². The Kier molecular flexibility index (Phi) is 4.15. The quantitative estimate of drug-likeness (QED) is 0.908. The summed E-state index contributed by atoms with van der Waals surface area (Å²) in [4.78, 5) is 5.99. The molecule has 2 aromatic rings. The summed E-state index contributed by atoms with van der Waals surface area (Å²) in [6, 6.07) is 8.48. The Hall–Kier alpha value is -1.19. The lowest BCUT2D eigenvalue weighted by atomic mass is 10.1. The summed E-state index contributed by atoms with van der Waals surface area (Å²) in [5.41, 5.74) is 9.46. The van der Waals surface area contributed by atoms with E-state index in [4.69, 9.17) is 10.7 Å². The van der Waals surface area contributed by atoms with Crippen molar-refractivity contribution >= 4 is 11.3 Å². The molecule has 2 rings (SSSR count). The predicted molar refractivity (Wildman–Crippen MR) is 78.7 cm³/mol. The summed E-state index contributed by atoms with van der Waals surface area (Å²) in [5, 5.41) is 1.09. The maximum atomic E-state index is 5.82. The van der Waals surface area contributed by atoms with Crippen LogP contribution in [-0.2, 0) is 13.0 Å². The van der Waals surface area contributed by atoms with Crippen LogP contribution in [0.1, 0.15) is 30.0 Å². The summed E-state index contributed by atoms with van der Waals surface area (Å²) >= 11 is 1.73. The molecule has 2 nitrogen and oxygen atoms in total. The molecule has 0 aliphatic rings. The van der Waals surface area contributed by atoms with Gasteiger partial charge in [-0.15, -0.1) is 11.3 Å². The van der Waals surface area contributed by atoms with E-state index in [1.165, 1.54) is 21.7 Å². The second-order valence-electron chi connectivity index (χ2n) is 5.06. The van der Waals surface area contributed by atoms with Crippen LogP contribution in [0.3, 0.4) is 0 Å². The van der Waals surface area contributed by atoms with Crippen LogP contribution in [0, 0.1) is 12.8 Å². The number of nitrogens with two attached hydrogens (primary N) is 1. The van der Waals surface area contributed by atoms with Crippen molar-refractivity contribution in [2.45, 2.75) is 33.7 Å². The molecule has 0 saturated carbocycles. The molecule has 18 heavy (non-hydrogen) atoms. The SMILES string of the molecule is Cc1cccc(-c2nc(CC(C)C)c(CN)s2)c1. The molecule has 0 fully saturated rings. The van der Waals surface area contributed by atoms with E-state index in [-0.39, 0.29) is 0 Å². The van der Waals surface area contributed by atoms with Crippen LogP contribution in [0.4, 0.5) is 0 Å². The fourth-order valence-electron chi connectivity index (χ4n) is 1.99. The Morgan fingerprint density at radius 2 is 2.11 bits per heavy atom. The van der Waals surface area contributed by atoms with Gasteiger partial charge >= 0.3 is 0 Å². The number of rotatable bonds is 4. The standard InChI is InChI=1S/C15H20N2S/c1-10(2)7-13-14(9-16)18-15(17-13)12-6-4-5-11(3)8-12/h4-6,8,10H,7,9,16H2,1-3H3. The minimum absolute atomic E-state index is 0.589. The summed E-state index contributed by atoms with van der Waals surface area (Å²) in [6.45, 7) is 7.12. The van der Waals surface area contributed by atoms with Crippen molar-refractivity contribution in [3.8, 4) is 10.6 Å². The summed E-state index contributed by atoms with van der Waals surface area (Å²) < 4.78 is 0. The minimum Gasteiger partial charge on any atom is -0.326 e. The van der Waals surface area contributed by atoms with Crippen molar-refractivity contribution < 1.29 is 0 Å². The molecular weight excluding hydrogens is 240 g/mol. The second-order valence-corrected chi connectivity index (χ2v) is 6.14. The van der Waals surface area contributed by atoms with Gasteiger partial charge in [0.1, 0.15) is 5.01 Å². The average molecular weight is 260 g/mol. The third-order valence-corrected chi connectivity index (χ3v) is 4.00. The zero-order valence-electron chi connectivity index (χ0n) is 11.2. The zero-order chi connectivity index (χ0) is 13.1. The maximum Gasteiger partial charge on any atom is 0.123 e. The molecule has 0 aliphatic heterocycles. The van der Waals surface area contributed by atoms with Crippen molar-refractivity contribution in [2.24, 2.45) is 11.7 Å². The third-order valence-electron chi connectivity index (χ3n) is 2.83. The Morgan fingerprint density at radius 1 is 1.33 bits per heavy atom. The molecule has 1 heterocycles.